The Kier molecular flexibility index (Phi) is 11.8. The standard InChI is InChI=1S/C40H54N4O4/c1-5-9-45-37-25-13-27-19-34(42)21-29(38(27)46-10-6-2)15-31-23-36(44)24-32(40(31)48-12-8-4)16-30-22-35(43)20-28(39(30)47-11-7-3)14-26(37)18-33(41)17-25/h17-25,37H,5-16,41-44H2,1-4H3. The molecule has 2 aliphatic rings. The Hall–Kier alpha value is -4.30. The first kappa shape index (κ1) is 35.0. The molecule has 258 valence electrons. The zero-order valence-electron chi connectivity index (χ0n) is 29.2. The molecule has 0 fully saturated rings. The summed E-state index contributed by atoms with van der Waals surface area (Å²) < 4.78 is 26.3. The molecule has 3 aromatic carbocycles. The van der Waals surface area contributed by atoms with E-state index in [0.29, 0.717) is 69.2 Å². The molecule has 48 heavy (non-hydrogen) atoms. The van der Waals surface area contributed by atoms with Crippen LogP contribution >= 0.6 is 0 Å². The van der Waals surface area contributed by atoms with E-state index in [-0.39, 0.29) is 12.0 Å². The molecule has 8 bridgehead atoms. The van der Waals surface area contributed by atoms with Gasteiger partial charge >= 0.3 is 0 Å². The second-order valence-corrected chi connectivity index (χ2v) is 13.1. The first-order valence-corrected chi connectivity index (χ1v) is 17.7. The maximum absolute atomic E-state index is 6.65. The molecule has 0 aliphatic heterocycles. The zero-order valence-corrected chi connectivity index (χ0v) is 29.2. The van der Waals surface area contributed by atoms with E-state index in [1.165, 1.54) is 0 Å². The Morgan fingerprint density at radius 3 is 1.38 bits per heavy atom. The lowest BCUT2D eigenvalue weighted by Crippen LogP contribution is -2.32. The quantitative estimate of drug-likeness (QED) is 0.149. The van der Waals surface area contributed by atoms with Gasteiger partial charge in [-0.3, -0.25) is 0 Å². The van der Waals surface area contributed by atoms with E-state index in [0.717, 1.165) is 87.6 Å². The van der Waals surface area contributed by atoms with Gasteiger partial charge < -0.3 is 41.9 Å². The number of nitrogens with two attached hydrogens (primary N) is 4. The molecule has 0 heterocycles. The SMILES string of the molecule is CCCOc1c2cc(N)cc1Cc1cc(N)cc(c1OCCC)Cc1cc(N)cc(c1OCCC)CC1C=C(N)C=C(C2)C1OCCC. The van der Waals surface area contributed by atoms with Crippen LogP contribution in [0.1, 0.15) is 86.8 Å². The summed E-state index contributed by atoms with van der Waals surface area (Å²) in [6, 6.07) is 12.1. The van der Waals surface area contributed by atoms with Crippen molar-refractivity contribution in [3.63, 3.8) is 0 Å². The van der Waals surface area contributed by atoms with Crippen molar-refractivity contribution in [2.75, 3.05) is 43.6 Å². The van der Waals surface area contributed by atoms with Gasteiger partial charge in [0.1, 0.15) is 17.2 Å². The summed E-state index contributed by atoms with van der Waals surface area (Å²) in [5.41, 5.74) is 36.4. The highest BCUT2D eigenvalue weighted by molar-refractivity contribution is 5.62. The predicted octanol–water partition coefficient (Wildman–Crippen LogP) is 7.27. The van der Waals surface area contributed by atoms with E-state index >= 15 is 0 Å². The van der Waals surface area contributed by atoms with Crippen LogP contribution in [0.25, 0.3) is 0 Å². The number of nitrogen functional groups attached to an aromatic ring is 3. The Labute approximate surface area is 286 Å². The number of ether oxygens (including phenoxy) is 4. The summed E-state index contributed by atoms with van der Waals surface area (Å²) in [7, 11) is 0. The third kappa shape index (κ3) is 8.21. The van der Waals surface area contributed by atoms with Crippen molar-refractivity contribution in [2.45, 2.75) is 85.2 Å². The molecule has 8 heteroatoms. The lowest BCUT2D eigenvalue weighted by atomic mass is 9.81. The van der Waals surface area contributed by atoms with Crippen molar-refractivity contribution in [3.05, 3.63) is 93.2 Å². The number of hydrogen-bond donors (Lipinski definition) is 4. The maximum atomic E-state index is 6.65. The van der Waals surface area contributed by atoms with Crippen LogP contribution in [0.3, 0.4) is 0 Å². The van der Waals surface area contributed by atoms with Gasteiger partial charge in [-0.2, -0.15) is 0 Å². The molecule has 2 unspecified atom stereocenters. The van der Waals surface area contributed by atoms with E-state index in [4.69, 9.17) is 41.9 Å². The fraction of sp³-hybridized carbons (Fsp3) is 0.450. The third-order valence-corrected chi connectivity index (χ3v) is 8.77. The van der Waals surface area contributed by atoms with Crippen LogP contribution in [0.5, 0.6) is 17.2 Å². The summed E-state index contributed by atoms with van der Waals surface area (Å²) in [5.74, 6) is 2.49. The first-order valence-electron chi connectivity index (χ1n) is 17.7. The smallest absolute Gasteiger partial charge is 0.126 e. The summed E-state index contributed by atoms with van der Waals surface area (Å²) in [6.07, 6.45) is 9.83. The average Bonchev–Trinajstić information content (AvgIpc) is 3.03. The molecular formula is C40H54N4O4. The van der Waals surface area contributed by atoms with Gasteiger partial charge in [-0.25, -0.2) is 0 Å². The van der Waals surface area contributed by atoms with Crippen molar-refractivity contribution in [1.29, 1.82) is 0 Å². The average molecular weight is 655 g/mol. The van der Waals surface area contributed by atoms with E-state index < -0.39 is 0 Å². The van der Waals surface area contributed by atoms with Gasteiger partial charge in [0.05, 0.1) is 25.9 Å². The fourth-order valence-corrected chi connectivity index (χ4v) is 6.95. The number of rotatable bonds is 12. The van der Waals surface area contributed by atoms with Crippen LogP contribution < -0.4 is 37.1 Å². The van der Waals surface area contributed by atoms with Crippen LogP contribution in [-0.2, 0) is 30.4 Å². The summed E-state index contributed by atoms with van der Waals surface area (Å²) in [5, 5.41) is 0. The van der Waals surface area contributed by atoms with Gasteiger partial charge in [0.15, 0.2) is 0 Å². The summed E-state index contributed by atoms with van der Waals surface area (Å²) in [4.78, 5) is 0. The molecule has 0 amide bonds. The van der Waals surface area contributed by atoms with Crippen LogP contribution in [0, 0.1) is 5.92 Å². The molecule has 3 aromatic rings. The fourth-order valence-electron chi connectivity index (χ4n) is 6.95. The second-order valence-electron chi connectivity index (χ2n) is 13.1. The minimum absolute atomic E-state index is 0.0361. The molecule has 0 spiro atoms. The van der Waals surface area contributed by atoms with E-state index in [1.54, 1.807) is 0 Å². The molecule has 0 radical (unpaired) electrons. The Bertz CT molecular complexity index is 1650. The van der Waals surface area contributed by atoms with E-state index in [9.17, 15) is 0 Å². The molecular weight excluding hydrogens is 600 g/mol. The monoisotopic (exact) mass is 654 g/mol. The number of fused-ring (bicyclic) bond motifs is 8. The molecule has 8 N–H and O–H groups in total. The Morgan fingerprint density at radius 1 is 0.542 bits per heavy atom. The van der Waals surface area contributed by atoms with Crippen molar-refractivity contribution in [3.8, 4) is 17.2 Å². The van der Waals surface area contributed by atoms with Crippen LogP contribution in [0.2, 0.25) is 0 Å². The van der Waals surface area contributed by atoms with Gasteiger partial charge in [-0.1, -0.05) is 33.8 Å². The lowest BCUT2D eigenvalue weighted by Gasteiger charge is -2.32. The molecule has 8 nitrogen and oxygen atoms in total. The second kappa shape index (κ2) is 16.2. The summed E-state index contributed by atoms with van der Waals surface area (Å²) in [6.45, 7) is 10.9. The highest BCUT2D eigenvalue weighted by Gasteiger charge is 2.31. The normalized spacial score (nSPS) is 17.3. The van der Waals surface area contributed by atoms with Crippen LogP contribution in [0.15, 0.2) is 59.8 Å². The molecule has 0 saturated heterocycles. The van der Waals surface area contributed by atoms with Gasteiger partial charge in [0.25, 0.3) is 0 Å². The zero-order chi connectivity index (χ0) is 34.2. The van der Waals surface area contributed by atoms with Gasteiger partial charge in [-0.05, 0) is 85.7 Å². The topological polar surface area (TPSA) is 141 Å². The van der Waals surface area contributed by atoms with E-state index in [1.807, 2.05) is 36.4 Å². The van der Waals surface area contributed by atoms with Crippen molar-refractivity contribution in [2.24, 2.45) is 11.7 Å². The Morgan fingerprint density at radius 2 is 0.938 bits per heavy atom. The Balaban J connectivity index is 1.79. The molecule has 5 rings (SSSR count). The molecule has 2 aliphatic carbocycles. The third-order valence-electron chi connectivity index (χ3n) is 8.77. The highest BCUT2D eigenvalue weighted by Crippen LogP contribution is 2.41. The summed E-state index contributed by atoms with van der Waals surface area (Å²) >= 11 is 0. The maximum Gasteiger partial charge on any atom is 0.126 e. The largest absolute Gasteiger partial charge is 0.493 e. The number of allylic oxidation sites excluding steroid dienone is 1. The number of benzene rings is 3. The van der Waals surface area contributed by atoms with Gasteiger partial charge in [-0.15, -0.1) is 0 Å². The minimum atomic E-state index is -0.195. The molecule has 0 aromatic heterocycles. The minimum Gasteiger partial charge on any atom is -0.493 e. The number of hydrogen-bond acceptors (Lipinski definition) is 8. The molecule has 0 saturated carbocycles. The highest BCUT2D eigenvalue weighted by atomic mass is 16.5. The molecule has 2 atom stereocenters. The van der Waals surface area contributed by atoms with Crippen molar-refractivity contribution >= 4 is 17.1 Å². The van der Waals surface area contributed by atoms with Crippen molar-refractivity contribution < 1.29 is 18.9 Å². The van der Waals surface area contributed by atoms with Crippen LogP contribution in [0.4, 0.5) is 17.1 Å². The first-order chi connectivity index (χ1) is 23.2. The van der Waals surface area contributed by atoms with E-state index in [2.05, 4.69) is 39.8 Å². The predicted molar refractivity (Wildman–Crippen MR) is 197 cm³/mol. The lowest BCUT2D eigenvalue weighted by molar-refractivity contribution is 0.0473. The van der Waals surface area contributed by atoms with Crippen LogP contribution in [-0.4, -0.2) is 32.5 Å². The van der Waals surface area contributed by atoms with Crippen molar-refractivity contribution in [1.82, 2.24) is 0 Å². The number of anilines is 3. The van der Waals surface area contributed by atoms with Gasteiger partial charge in [0.2, 0.25) is 0 Å². The van der Waals surface area contributed by atoms with Gasteiger partial charge in [0, 0.05) is 82.4 Å².